The average Bonchev–Trinajstić information content (AvgIpc) is 3.45. The van der Waals surface area contributed by atoms with E-state index in [1.165, 1.54) is 19.2 Å². The van der Waals surface area contributed by atoms with Crippen LogP contribution in [0.1, 0.15) is 60.2 Å². The third-order valence-corrected chi connectivity index (χ3v) is 6.79. The van der Waals surface area contributed by atoms with Crippen molar-refractivity contribution < 1.29 is 18.7 Å². The Bertz CT molecular complexity index is 1170. The Morgan fingerprint density at radius 1 is 1.00 bits per heavy atom. The van der Waals surface area contributed by atoms with E-state index >= 15 is 0 Å². The predicted octanol–water partition coefficient (Wildman–Crippen LogP) is 3.45. The van der Waals surface area contributed by atoms with E-state index < -0.39 is 0 Å². The highest BCUT2D eigenvalue weighted by atomic mass is 16.6. The van der Waals surface area contributed by atoms with Crippen LogP contribution in [0.3, 0.4) is 0 Å². The standard InChI is InChI=1S/C24H27N5O4/c30-24(21-22(33-15-25-21)16-7-8-18-19(13-16)32-12-11-31-18)28-9-4-5-17(14-28)23-27-26-20-6-2-1-3-10-29(20)23/h7-8,13,15,17H,1-6,9-12,14H2. The van der Waals surface area contributed by atoms with Gasteiger partial charge >= 0.3 is 0 Å². The zero-order valence-electron chi connectivity index (χ0n) is 18.5. The Balaban J connectivity index is 1.24. The third-order valence-electron chi connectivity index (χ3n) is 6.79. The summed E-state index contributed by atoms with van der Waals surface area (Å²) in [5.74, 6) is 3.99. The lowest BCUT2D eigenvalue weighted by Crippen LogP contribution is -2.40. The summed E-state index contributed by atoms with van der Waals surface area (Å²) in [5.41, 5.74) is 1.07. The maximum atomic E-state index is 13.5. The van der Waals surface area contributed by atoms with Gasteiger partial charge in [0.2, 0.25) is 0 Å². The van der Waals surface area contributed by atoms with Crippen LogP contribution in [0, 0.1) is 0 Å². The van der Waals surface area contributed by atoms with Crippen LogP contribution in [0.4, 0.5) is 0 Å². The van der Waals surface area contributed by atoms with Gasteiger partial charge in [0.05, 0.1) is 0 Å². The molecule has 3 aliphatic rings. The van der Waals surface area contributed by atoms with E-state index in [0.717, 1.165) is 49.4 Å². The SMILES string of the molecule is O=C(c1ncoc1-c1ccc2c(c1)OCCO2)N1CCCC(c2nnc3n2CCCCC3)C1. The smallest absolute Gasteiger partial charge is 0.276 e. The molecule has 1 fully saturated rings. The summed E-state index contributed by atoms with van der Waals surface area (Å²) in [5, 5.41) is 9.00. The van der Waals surface area contributed by atoms with Gasteiger partial charge in [-0.05, 0) is 43.9 Å². The fourth-order valence-corrected chi connectivity index (χ4v) is 5.12. The lowest BCUT2D eigenvalue weighted by molar-refractivity contribution is 0.0698. The summed E-state index contributed by atoms with van der Waals surface area (Å²) in [4.78, 5) is 19.7. The predicted molar refractivity (Wildman–Crippen MR) is 118 cm³/mol. The van der Waals surface area contributed by atoms with Crippen molar-refractivity contribution in [2.45, 2.75) is 51.0 Å². The van der Waals surface area contributed by atoms with Crippen LogP contribution in [0.2, 0.25) is 0 Å². The first-order chi connectivity index (χ1) is 16.3. The number of carbonyl (C=O) groups is 1. The minimum atomic E-state index is -0.117. The maximum Gasteiger partial charge on any atom is 0.276 e. The zero-order valence-corrected chi connectivity index (χ0v) is 18.5. The first kappa shape index (κ1) is 20.3. The van der Waals surface area contributed by atoms with E-state index in [1.54, 1.807) is 0 Å². The Morgan fingerprint density at radius 3 is 2.85 bits per heavy atom. The highest BCUT2D eigenvalue weighted by molar-refractivity contribution is 5.97. The molecule has 1 unspecified atom stereocenters. The van der Waals surface area contributed by atoms with Gasteiger partial charge in [0.1, 0.15) is 24.9 Å². The molecule has 0 N–H and O–H groups in total. The summed E-state index contributed by atoms with van der Waals surface area (Å²) in [6.45, 7) is 3.32. The van der Waals surface area contributed by atoms with Crippen molar-refractivity contribution in [3.63, 3.8) is 0 Å². The van der Waals surface area contributed by atoms with Gasteiger partial charge in [-0.1, -0.05) is 6.42 Å². The highest BCUT2D eigenvalue weighted by Gasteiger charge is 2.32. The van der Waals surface area contributed by atoms with Gasteiger partial charge in [-0.2, -0.15) is 0 Å². The molecule has 1 aromatic carbocycles. The van der Waals surface area contributed by atoms with Crippen LogP contribution < -0.4 is 9.47 Å². The number of carbonyl (C=O) groups excluding carboxylic acids is 1. The molecule has 3 aromatic rings. The van der Waals surface area contributed by atoms with Crippen LogP contribution in [0.15, 0.2) is 29.0 Å². The number of benzene rings is 1. The summed E-state index contributed by atoms with van der Waals surface area (Å²) in [6.07, 6.45) is 7.81. The van der Waals surface area contributed by atoms with Crippen molar-refractivity contribution in [1.82, 2.24) is 24.6 Å². The molecule has 33 heavy (non-hydrogen) atoms. The van der Waals surface area contributed by atoms with Crippen LogP contribution in [0.25, 0.3) is 11.3 Å². The number of hydrogen-bond acceptors (Lipinski definition) is 7. The van der Waals surface area contributed by atoms with Gasteiger partial charge in [0, 0.05) is 37.5 Å². The molecule has 3 aliphatic heterocycles. The topological polar surface area (TPSA) is 95.5 Å². The fraction of sp³-hybridized carbons (Fsp3) is 0.500. The quantitative estimate of drug-likeness (QED) is 0.604. The van der Waals surface area contributed by atoms with Crippen LogP contribution in [-0.2, 0) is 13.0 Å². The van der Waals surface area contributed by atoms with Gasteiger partial charge in [0.15, 0.2) is 29.3 Å². The normalized spacial score (nSPS) is 20.2. The number of nitrogens with zero attached hydrogens (tertiary/aromatic N) is 5. The number of ether oxygens (including phenoxy) is 2. The van der Waals surface area contributed by atoms with Crippen LogP contribution in [0.5, 0.6) is 11.5 Å². The minimum Gasteiger partial charge on any atom is -0.486 e. The molecule has 1 saturated heterocycles. The lowest BCUT2D eigenvalue weighted by Gasteiger charge is -2.32. The Morgan fingerprint density at radius 2 is 1.91 bits per heavy atom. The van der Waals surface area contributed by atoms with E-state index in [9.17, 15) is 4.79 Å². The minimum absolute atomic E-state index is 0.117. The summed E-state index contributed by atoms with van der Waals surface area (Å²) in [6, 6.07) is 5.56. The summed E-state index contributed by atoms with van der Waals surface area (Å²) < 4.78 is 19.2. The Hall–Kier alpha value is -3.36. The van der Waals surface area contributed by atoms with E-state index in [2.05, 4.69) is 19.7 Å². The van der Waals surface area contributed by atoms with E-state index in [4.69, 9.17) is 13.9 Å². The number of aromatic nitrogens is 4. The molecule has 0 spiro atoms. The second-order valence-corrected chi connectivity index (χ2v) is 8.92. The van der Waals surface area contributed by atoms with E-state index in [1.807, 2.05) is 23.1 Å². The van der Waals surface area contributed by atoms with Crippen LogP contribution >= 0.6 is 0 Å². The van der Waals surface area contributed by atoms with Crippen molar-refractivity contribution in [3.05, 3.63) is 41.9 Å². The van der Waals surface area contributed by atoms with Gasteiger partial charge in [-0.3, -0.25) is 4.79 Å². The molecule has 2 aromatic heterocycles. The van der Waals surface area contributed by atoms with Crippen molar-refractivity contribution in [1.29, 1.82) is 0 Å². The van der Waals surface area contributed by atoms with Crippen LogP contribution in [-0.4, -0.2) is 56.9 Å². The summed E-state index contributed by atoms with van der Waals surface area (Å²) in [7, 11) is 0. The molecule has 172 valence electrons. The number of amides is 1. The highest BCUT2D eigenvalue weighted by Crippen LogP contribution is 2.36. The van der Waals surface area contributed by atoms with E-state index in [0.29, 0.717) is 49.3 Å². The molecule has 9 nitrogen and oxygen atoms in total. The Kier molecular flexibility index (Phi) is 5.24. The first-order valence-electron chi connectivity index (χ1n) is 11.8. The van der Waals surface area contributed by atoms with Gasteiger partial charge in [0.25, 0.3) is 5.91 Å². The molecule has 1 amide bonds. The number of hydrogen-bond donors (Lipinski definition) is 0. The molecular formula is C24H27N5O4. The molecule has 9 heteroatoms. The number of rotatable bonds is 3. The number of fused-ring (bicyclic) bond motifs is 2. The number of piperidine rings is 1. The van der Waals surface area contributed by atoms with Gasteiger partial charge in [-0.15, -0.1) is 10.2 Å². The number of likely N-dealkylation sites (tertiary alicyclic amines) is 1. The molecule has 6 rings (SSSR count). The average molecular weight is 450 g/mol. The lowest BCUT2D eigenvalue weighted by atomic mass is 9.96. The first-order valence-corrected chi connectivity index (χ1v) is 11.8. The third kappa shape index (κ3) is 3.75. The zero-order chi connectivity index (χ0) is 22.2. The molecule has 0 radical (unpaired) electrons. The summed E-state index contributed by atoms with van der Waals surface area (Å²) >= 11 is 0. The Labute approximate surface area is 191 Å². The molecule has 0 bridgehead atoms. The molecular weight excluding hydrogens is 422 g/mol. The second kappa shape index (κ2) is 8.53. The van der Waals surface area contributed by atoms with Crippen molar-refractivity contribution in [3.8, 4) is 22.8 Å². The van der Waals surface area contributed by atoms with E-state index in [-0.39, 0.29) is 11.8 Å². The van der Waals surface area contributed by atoms with Gasteiger partial charge < -0.3 is 23.4 Å². The monoisotopic (exact) mass is 449 g/mol. The number of oxazole rings is 1. The van der Waals surface area contributed by atoms with Crippen molar-refractivity contribution >= 4 is 5.91 Å². The molecule has 0 aliphatic carbocycles. The fourth-order valence-electron chi connectivity index (χ4n) is 5.12. The molecule has 0 saturated carbocycles. The van der Waals surface area contributed by atoms with Crippen molar-refractivity contribution in [2.75, 3.05) is 26.3 Å². The van der Waals surface area contributed by atoms with Crippen molar-refractivity contribution in [2.24, 2.45) is 0 Å². The second-order valence-electron chi connectivity index (χ2n) is 8.92. The number of aryl methyl sites for hydroxylation is 1. The largest absolute Gasteiger partial charge is 0.486 e. The maximum absolute atomic E-state index is 13.5. The molecule has 5 heterocycles. The molecule has 1 atom stereocenters. The van der Waals surface area contributed by atoms with Gasteiger partial charge in [-0.25, -0.2) is 4.98 Å².